The second-order valence-corrected chi connectivity index (χ2v) is 9.40. The van der Waals surface area contributed by atoms with Gasteiger partial charge in [-0.25, -0.2) is 4.90 Å². The molecule has 0 atom stereocenters. The fourth-order valence-corrected chi connectivity index (χ4v) is 4.98. The van der Waals surface area contributed by atoms with Crippen molar-refractivity contribution in [3.05, 3.63) is 94.7 Å². The molecule has 0 bridgehead atoms. The van der Waals surface area contributed by atoms with Gasteiger partial charge in [-0.3, -0.25) is 9.59 Å². The average molecular weight is 466 g/mol. The number of nitrogens with one attached hydrogen (secondary N) is 1. The molecule has 2 amide bonds. The van der Waals surface area contributed by atoms with E-state index >= 15 is 0 Å². The van der Waals surface area contributed by atoms with Gasteiger partial charge in [-0.1, -0.05) is 42.8 Å². The molecule has 3 aromatic rings. The minimum Gasteiger partial charge on any atom is -0.372 e. The molecule has 1 saturated heterocycles. The maximum Gasteiger partial charge on any atom is 0.282 e. The number of carbonyl (C=O) groups is 2. The fraction of sp³-hybridized carbons (Fsp3) is 0.267. The predicted octanol–water partition coefficient (Wildman–Crippen LogP) is 5.86. The van der Waals surface area contributed by atoms with E-state index < -0.39 is 0 Å². The quantitative estimate of drug-likeness (QED) is 0.463. The lowest BCUT2D eigenvalue weighted by Crippen LogP contribution is -2.32. The molecule has 178 valence electrons. The summed E-state index contributed by atoms with van der Waals surface area (Å²) >= 11 is 0. The standard InChI is InChI=1S/C30H31N3O2/c1-4-22-8-12-25(13-9-22)33-29(34)27(26-16-7-20(2)19-21(26)3)28(30(33)35)31-23-10-14-24(15-11-23)32-17-5-6-18-32/h7-16,19,31H,4-6,17-18H2,1-3H3. The first-order chi connectivity index (χ1) is 17.0. The molecule has 0 radical (unpaired) electrons. The summed E-state index contributed by atoms with van der Waals surface area (Å²) in [6.45, 7) is 8.24. The van der Waals surface area contributed by atoms with E-state index in [1.165, 1.54) is 23.4 Å². The number of amides is 2. The van der Waals surface area contributed by atoms with E-state index in [0.29, 0.717) is 17.0 Å². The molecule has 2 aliphatic heterocycles. The predicted molar refractivity (Wildman–Crippen MR) is 143 cm³/mol. The van der Waals surface area contributed by atoms with Crippen molar-refractivity contribution in [3.63, 3.8) is 0 Å². The van der Waals surface area contributed by atoms with Crippen LogP contribution < -0.4 is 15.1 Å². The molecular formula is C30H31N3O2. The van der Waals surface area contributed by atoms with Gasteiger partial charge in [0.15, 0.2) is 0 Å². The lowest BCUT2D eigenvalue weighted by Gasteiger charge is -2.18. The summed E-state index contributed by atoms with van der Waals surface area (Å²) in [7, 11) is 0. The molecular weight excluding hydrogens is 434 g/mol. The number of hydrogen-bond donors (Lipinski definition) is 1. The van der Waals surface area contributed by atoms with Gasteiger partial charge < -0.3 is 10.2 Å². The average Bonchev–Trinajstić information content (AvgIpc) is 3.48. The van der Waals surface area contributed by atoms with Crippen LogP contribution in [0.1, 0.15) is 42.0 Å². The molecule has 3 aromatic carbocycles. The molecule has 0 spiro atoms. The summed E-state index contributed by atoms with van der Waals surface area (Å²) in [4.78, 5) is 31.1. The summed E-state index contributed by atoms with van der Waals surface area (Å²) in [5.74, 6) is -0.639. The summed E-state index contributed by atoms with van der Waals surface area (Å²) in [5, 5.41) is 3.30. The molecule has 0 aliphatic carbocycles. The maximum atomic E-state index is 13.7. The first kappa shape index (κ1) is 22.9. The highest BCUT2D eigenvalue weighted by atomic mass is 16.2. The Kier molecular flexibility index (Phi) is 6.16. The lowest BCUT2D eigenvalue weighted by atomic mass is 9.97. The molecule has 5 nitrogen and oxygen atoms in total. The van der Waals surface area contributed by atoms with Crippen LogP contribution in [-0.4, -0.2) is 24.9 Å². The number of aryl methyl sites for hydroxylation is 3. The van der Waals surface area contributed by atoms with Gasteiger partial charge in [0.2, 0.25) is 0 Å². The molecule has 2 aliphatic rings. The van der Waals surface area contributed by atoms with E-state index in [1.54, 1.807) is 0 Å². The Bertz CT molecular complexity index is 1300. The first-order valence-electron chi connectivity index (χ1n) is 12.4. The van der Waals surface area contributed by atoms with Crippen LogP contribution in [0.4, 0.5) is 17.1 Å². The maximum absolute atomic E-state index is 13.7. The number of rotatable bonds is 6. The molecule has 5 heteroatoms. The second-order valence-electron chi connectivity index (χ2n) is 9.40. The molecule has 0 aromatic heterocycles. The summed E-state index contributed by atoms with van der Waals surface area (Å²) in [6, 6.07) is 21.7. The van der Waals surface area contributed by atoms with Gasteiger partial charge in [-0.15, -0.1) is 0 Å². The summed E-state index contributed by atoms with van der Waals surface area (Å²) in [6.07, 6.45) is 3.34. The van der Waals surface area contributed by atoms with Crippen molar-refractivity contribution in [1.29, 1.82) is 0 Å². The van der Waals surface area contributed by atoms with Crippen LogP contribution in [0.25, 0.3) is 5.57 Å². The largest absolute Gasteiger partial charge is 0.372 e. The minimum atomic E-state index is -0.335. The van der Waals surface area contributed by atoms with E-state index in [1.807, 2.05) is 68.4 Å². The molecule has 1 N–H and O–H groups in total. The topological polar surface area (TPSA) is 52.7 Å². The molecule has 35 heavy (non-hydrogen) atoms. The van der Waals surface area contributed by atoms with Crippen LogP contribution in [0.5, 0.6) is 0 Å². The van der Waals surface area contributed by atoms with E-state index in [4.69, 9.17) is 0 Å². The Morgan fingerprint density at radius 3 is 2.09 bits per heavy atom. The monoisotopic (exact) mass is 465 g/mol. The first-order valence-corrected chi connectivity index (χ1v) is 12.4. The molecule has 5 rings (SSSR count). The zero-order valence-electron chi connectivity index (χ0n) is 20.6. The Balaban J connectivity index is 1.53. The summed E-state index contributed by atoms with van der Waals surface area (Å²) < 4.78 is 0. The highest BCUT2D eigenvalue weighted by Crippen LogP contribution is 2.35. The Hall–Kier alpha value is -3.86. The molecule has 2 heterocycles. The molecule has 0 saturated carbocycles. The zero-order valence-corrected chi connectivity index (χ0v) is 20.6. The Labute approximate surface area is 207 Å². The van der Waals surface area contributed by atoms with Gasteiger partial charge in [-0.2, -0.15) is 0 Å². The number of imide groups is 1. The number of hydrogen-bond acceptors (Lipinski definition) is 4. The minimum absolute atomic E-state index is 0.303. The van der Waals surface area contributed by atoms with Crippen molar-refractivity contribution in [3.8, 4) is 0 Å². The van der Waals surface area contributed by atoms with Gasteiger partial charge in [0.25, 0.3) is 11.8 Å². The van der Waals surface area contributed by atoms with E-state index in [-0.39, 0.29) is 11.8 Å². The lowest BCUT2D eigenvalue weighted by molar-refractivity contribution is -0.120. The van der Waals surface area contributed by atoms with Gasteiger partial charge in [-0.05, 0) is 86.2 Å². The van der Waals surface area contributed by atoms with Crippen molar-refractivity contribution in [2.24, 2.45) is 0 Å². The number of benzene rings is 3. The Morgan fingerprint density at radius 1 is 0.800 bits per heavy atom. The van der Waals surface area contributed by atoms with E-state index in [2.05, 4.69) is 29.3 Å². The van der Waals surface area contributed by atoms with Crippen LogP contribution in [0, 0.1) is 13.8 Å². The number of nitrogens with zero attached hydrogens (tertiary/aromatic N) is 2. The number of carbonyl (C=O) groups excluding carboxylic acids is 2. The van der Waals surface area contributed by atoms with Crippen molar-refractivity contribution in [2.45, 2.75) is 40.0 Å². The van der Waals surface area contributed by atoms with Gasteiger partial charge in [0.05, 0.1) is 11.3 Å². The highest BCUT2D eigenvalue weighted by molar-refractivity contribution is 6.46. The van der Waals surface area contributed by atoms with Crippen molar-refractivity contribution in [2.75, 3.05) is 28.2 Å². The van der Waals surface area contributed by atoms with Crippen LogP contribution in [0.15, 0.2) is 72.4 Å². The SMILES string of the molecule is CCc1ccc(N2C(=O)C(Nc3ccc(N4CCCC4)cc3)=C(c3ccc(C)cc3C)C2=O)cc1. The van der Waals surface area contributed by atoms with Gasteiger partial charge >= 0.3 is 0 Å². The molecule has 1 fully saturated rings. The highest BCUT2D eigenvalue weighted by Gasteiger charge is 2.40. The van der Waals surface area contributed by atoms with Crippen LogP contribution in [-0.2, 0) is 16.0 Å². The van der Waals surface area contributed by atoms with Gasteiger partial charge in [0.1, 0.15) is 5.70 Å². The third-order valence-electron chi connectivity index (χ3n) is 6.95. The van der Waals surface area contributed by atoms with Crippen LogP contribution in [0.3, 0.4) is 0 Å². The fourth-order valence-electron chi connectivity index (χ4n) is 4.98. The van der Waals surface area contributed by atoms with E-state index in [0.717, 1.165) is 47.5 Å². The number of anilines is 3. The van der Waals surface area contributed by atoms with Crippen molar-refractivity contribution in [1.82, 2.24) is 0 Å². The normalized spacial score (nSPS) is 16.0. The zero-order chi connectivity index (χ0) is 24.5. The van der Waals surface area contributed by atoms with Crippen molar-refractivity contribution < 1.29 is 9.59 Å². The van der Waals surface area contributed by atoms with Crippen LogP contribution >= 0.6 is 0 Å². The summed E-state index contributed by atoms with van der Waals surface area (Å²) in [5.41, 5.74) is 7.30. The second kappa shape index (κ2) is 9.41. The third kappa shape index (κ3) is 4.34. The van der Waals surface area contributed by atoms with Crippen molar-refractivity contribution >= 4 is 34.4 Å². The van der Waals surface area contributed by atoms with Gasteiger partial charge in [0, 0.05) is 24.5 Å². The smallest absolute Gasteiger partial charge is 0.282 e. The molecule has 0 unspecified atom stereocenters. The third-order valence-corrected chi connectivity index (χ3v) is 6.95. The van der Waals surface area contributed by atoms with Crippen LogP contribution in [0.2, 0.25) is 0 Å². The van der Waals surface area contributed by atoms with E-state index in [9.17, 15) is 9.59 Å². The Morgan fingerprint density at radius 2 is 1.46 bits per heavy atom.